The van der Waals surface area contributed by atoms with Crippen LogP contribution in [0, 0.1) is 0 Å². The van der Waals surface area contributed by atoms with Crippen LogP contribution in [0.15, 0.2) is 24.3 Å². The van der Waals surface area contributed by atoms with Crippen LogP contribution in [-0.2, 0) is 14.3 Å². The number of rotatable bonds is 6. The number of hydrogen-bond donors (Lipinski definition) is 2. The summed E-state index contributed by atoms with van der Waals surface area (Å²) in [6.07, 6.45) is 0.243. The first-order valence-corrected chi connectivity index (χ1v) is 6.45. The molecule has 1 saturated heterocycles. The van der Waals surface area contributed by atoms with E-state index in [1.807, 2.05) is 0 Å². The van der Waals surface area contributed by atoms with Gasteiger partial charge in [0.05, 0.1) is 13.7 Å². The van der Waals surface area contributed by atoms with Crippen molar-refractivity contribution in [1.29, 1.82) is 0 Å². The van der Waals surface area contributed by atoms with E-state index in [2.05, 4.69) is 5.32 Å². The van der Waals surface area contributed by atoms with E-state index in [0.717, 1.165) is 0 Å². The quantitative estimate of drug-likeness (QED) is 0.790. The van der Waals surface area contributed by atoms with Crippen molar-refractivity contribution < 1.29 is 28.9 Å². The molecule has 2 rings (SSSR count). The zero-order chi connectivity index (χ0) is 15.3. The molecule has 0 spiro atoms. The molecule has 0 aromatic heterocycles. The van der Waals surface area contributed by atoms with Crippen molar-refractivity contribution >= 4 is 11.9 Å². The van der Waals surface area contributed by atoms with E-state index in [-0.39, 0.29) is 19.6 Å². The number of carboxylic acid groups (broad SMARTS) is 1. The molecule has 7 heteroatoms. The Bertz CT molecular complexity index is 524. The van der Waals surface area contributed by atoms with Gasteiger partial charge in [-0.15, -0.1) is 0 Å². The van der Waals surface area contributed by atoms with Crippen LogP contribution in [0.4, 0.5) is 0 Å². The van der Waals surface area contributed by atoms with Crippen LogP contribution in [0.5, 0.6) is 11.5 Å². The molecular weight excluding hydrogens is 278 g/mol. The predicted octanol–water partition coefficient (Wildman–Crippen LogP) is 0.434. The Morgan fingerprint density at radius 1 is 1.43 bits per heavy atom. The van der Waals surface area contributed by atoms with Crippen LogP contribution in [0.2, 0.25) is 0 Å². The third-order valence-corrected chi connectivity index (χ3v) is 3.22. The van der Waals surface area contributed by atoms with E-state index >= 15 is 0 Å². The van der Waals surface area contributed by atoms with Gasteiger partial charge in [0, 0.05) is 19.1 Å². The highest BCUT2D eigenvalue weighted by Gasteiger charge is 2.43. The second kappa shape index (κ2) is 6.45. The largest absolute Gasteiger partial charge is 0.497 e. The van der Waals surface area contributed by atoms with Gasteiger partial charge in [0.25, 0.3) is 5.91 Å². The molecule has 1 atom stereocenters. The maximum absolute atomic E-state index is 11.9. The first kappa shape index (κ1) is 15.1. The molecule has 114 valence electrons. The fourth-order valence-electron chi connectivity index (χ4n) is 2.03. The molecular formula is C14H17NO6. The Balaban J connectivity index is 1.91. The number of ether oxygens (including phenoxy) is 3. The van der Waals surface area contributed by atoms with Crippen molar-refractivity contribution in [3.05, 3.63) is 24.3 Å². The van der Waals surface area contributed by atoms with Crippen LogP contribution in [-0.4, -0.2) is 49.5 Å². The smallest absolute Gasteiger partial charge is 0.331 e. The summed E-state index contributed by atoms with van der Waals surface area (Å²) in [6.45, 7) is -0.00124. The number of benzene rings is 1. The summed E-state index contributed by atoms with van der Waals surface area (Å²) in [7, 11) is 1.53. The Morgan fingerprint density at radius 2 is 2.19 bits per heavy atom. The van der Waals surface area contributed by atoms with E-state index in [0.29, 0.717) is 18.1 Å². The van der Waals surface area contributed by atoms with Crippen molar-refractivity contribution in [3.8, 4) is 11.5 Å². The first-order chi connectivity index (χ1) is 10.1. The van der Waals surface area contributed by atoms with Crippen LogP contribution < -0.4 is 14.8 Å². The van der Waals surface area contributed by atoms with Gasteiger partial charge in [-0.2, -0.15) is 0 Å². The van der Waals surface area contributed by atoms with Crippen molar-refractivity contribution in [3.63, 3.8) is 0 Å². The van der Waals surface area contributed by atoms with Crippen LogP contribution in [0.1, 0.15) is 6.42 Å². The number of aliphatic carboxylic acids is 1. The number of nitrogens with one attached hydrogen (secondary N) is 1. The molecule has 1 heterocycles. The highest BCUT2D eigenvalue weighted by molar-refractivity contribution is 5.88. The highest BCUT2D eigenvalue weighted by atomic mass is 16.5. The molecule has 1 fully saturated rings. The van der Waals surface area contributed by atoms with Gasteiger partial charge in [0.2, 0.25) is 0 Å². The van der Waals surface area contributed by atoms with E-state index in [1.165, 1.54) is 7.11 Å². The second-order valence-electron chi connectivity index (χ2n) is 4.71. The number of carboxylic acids is 1. The summed E-state index contributed by atoms with van der Waals surface area (Å²) in [4.78, 5) is 23.1. The lowest BCUT2D eigenvalue weighted by atomic mass is 9.99. The zero-order valence-electron chi connectivity index (χ0n) is 11.6. The summed E-state index contributed by atoms with van der Waals surface area (Å²) in [6, 6.07) is 6.80. The molecule has 7 nitrogen and oxygen atoms in total. The summed E-state index contributed by atoms with van der Waals surface area (Å²) < 4.78 is 15.4. The van der Waals surface area contributed by atoms with Crippen molar-refractivity contribution in [2.45, 2.75) is 12.0 Å². The Labute approximate surface area is 121 Å². The molecule has 1 unspecified atom stereocenters. The number of hydrogen-bond acceptors (Lipinski definition) is 5. The third-order valence-electron chi connectivity index (χ3n) is 3.22. The molecule has 0 bridgehead atoms. The first-order valence-electron chi connectivity index (χ1n) is 6.45. The van der Waals surface area contributed by atoms with Crippen LogP contribution in [0.25, 0.3) is 0 Å². The average molecular weight is 295 g/mol. The second-order valence-corrected chi connectivity index (χ2v) is 4.71. The lowest BCUT2D eigenvalue weighted by Gasteiger charge is -2.23. The van der Waals surface area contributed by atoms with Gasteiger partial charge >= 0.3 is 5.97 Å². The zero-order valence-corrected chi connectivity index (χ0v) is 11.6. The Morgan fingerprint density at radius 3 is 2.81 bits per heavy atom. The molecule has 1 aliphatic heterocycles. The number of amides is 1. The predicted molar refractivity (Wildman–Crippen MR) is 72.4 cm³/mol. The molecule has 2 N–H and O–H groups in total. The van der Waals surface area contributed by atoms with E-state index in [9.17, 15) is 14.7 Å². The Kier molecular flexibility index (Phi) is 4.64. The normalized spacial score (nSPS) is 20.8. The molecule has 21 heavy (non-hydrogen) atoms. The Hall–Kier alpha value is -2.28. The SMILES string of the molecule is COc1cccc(OCC(=O)NC2(C(=O)O)CCOC2)c1. The minimum atomic E-state index is -1.35. The van der Waals surface area contributed by atoms with Gasteiger partial charge in [-0.25, -0.2) is 4.79 Å². The lowest BCUT2D eigenvalue weighted by Crippen LogP contribution is -2.56. The fourth-order valence-corrected chi connectivity index (χ4v) is 2.03. The van der Waals surface area contributed by atoms with Gasteiger partial charge in [0.15, 0.2) is 12.1 Å². The van der Waals surface area contributed by atoms with E-state index in [1.54, 1.807) is 24.3 Å². The van der Waals surface area contributed by atoms with Crippen molar-refractivity contribution in [1.82, 2.24) is 5.32 Å². The maximum Gasteiger partial charge on any atom is 0.331 e. The fraction of sp³-hybridized carbons (Fsp3) is 0.429. The van der Waals surface area contributed by atoms with Gasteiger partial charge in [-0.3, -0.25) is 4.79 Å². The monoisotopic (exact) mass is 295 g/mol. The standard InChI is InChI=1S/C14H17NO6/c1-19-10-3-2-4-11(7-10)21-8-12(16)15-14(13(17)18)5-6-20-9-14/h2-4,7H,5-6,8-9H2,1H3,(H,15,16)(H,17,18). The van der Waals surface area contributed by atoms with Gasteiger partial charge in [-0.1, -0.05) is 6.07 Å². The summed E-state index contributed by atoms with van der Waals surface area (Å²) in [5, 5.41) is 11.7. The molecule has 1 aromatic rings. The summed E-state index contributed by atoms with van der Waals surface area (Å²) in [5.74, 6) is -0.531. The molecule has 0 saturated carbocycles. The van der Waals surface area contributed by atoms with Crippen molar-refractivity contribution in [2.75, 3.05) is 26.9 Å². The van der Waals surface area contributed by atoms with Gasteiger partial charge in [0.1, 0.15) is 11.5 Å². The number of carbonyl (C=O) groups is 2. The minimum absolute atomic E-state index is 0.0345. The van der Waals surface area contributed by atoms with E-state index < -0.39 is 17.4 Å². The van der Waals surface area contributed by atoms with Crippen LogP contribution in [0.3, 0.4) is 0 Å². The number of carbonyl (C=O) groups excluding carboxylic acids is 1. The lowest BCUT2D eigenvalue weighted by molar-refractivity contribution is -0.148. The minimum Gasteiger partial charge on any atom is -0.497 e. The highest BCUT2D eigenvalue weighted by Crippen LogP contribution is 2.20. The topological polar surface area (TPSA) is 94.1 Å². The third kappa shape index (κ3) is 3.63. The molecule has 0 aliphatic carbocycles. The molecule has 1 aliphatic rings. The van der Waals surface area contributed by atoms with Crippen LogP contribution >= 0.6 is 0 Å². The van der Waals surface area contributed by atoms with E-state index in [4.69, 9.17) is 14.2 Å². The molecule has 1 amide bonds. The number of methoxy groups -OCH3 is 1. The average Bonchev–Trinajstić information content (AvgIpc) is 2.95. The maximum atomic E-state index is 11.9. The summed E-state index contributed by atoms with van der Waals surface area (Å²) in [5.41, 5.74) is -1.35. The van der Waals surface area contributed by atoms with Crippen molar-refractivity contribution in [2.24, 2.45) is 0 Å². The molecule has 1 aromatic carbocycles. The van der Waals surface area contributed by atoms with Gasteiger partial charge < -0.3 is 24.6 Å². The molecule has 0 radical (unpaired) electrons. The van der Waals surface area contributed by atoms with Gasteiger partial charge in [-0.05, 0) is 12.1 Å². The summed E-state index contributed by atoms with van der Waals surface area (Å²) >= 11 is 0.